The van der Waals surface area contributed by atoms with E-state index >= 15 is 0 Å². The number of nitrogens with one attached hydrogen (secondary N) is 3. The standard InChI is InChI=1S/C28H33N7O2/c1-19-30-26-22(32-21-5-3-4-6-23(21)36-2)17-25(34-27(26)31-19)33-24-8-7-20(18-29-24)35-13-9-28(10-14-35)11-15-37-16-12-28/h3-8,17-18H,9-16H2,1-2H3,(H3,29,30,31,32,33,34). The molecule has 3 N–H and O–H groups in total. The van der Waals surface area contributed by atoms with Crippen LogP contribution in [0.3, 0.4) is 0 Å². The lowest BCUT2D eigenvalue weighted by Crippen LogP contribution is -2.43. The maximum atomic E-state index is 5.59. The zero-order valence-electron chi connectivity index (χ0n) is 21.4. The number of imidazole rings is 1. The molecule has 5 heterocycles. The molecule has 6 rings (SSSR count). The molecule has 4 aromatic rings. The Kier molecular flexibility index (Phi) is 6.30. The van der Waals surface area contributed by atoms with Crippen molar-refractivity contribution in [3.05, 3.63) is 54.5 Å². The molecule has 0 aliphatic carbocycles. The van der Waals surface area contributed by atoms with Crippen molar-refractivity contribution in [3.8, 4) is 5.75 Å². The van der Waals surface area contributed by atoms with Crippen LogP contribution in [0.15, 0.2) is 48.7 Å². The van der Waals surface area contributed by atoms with Gasteiger partial charge in [0.15, 0.2) is 5.65 Å². The average molecular weight is 500 g/mol. The van der Waals surface area contributed by atoms with Crippen molar-refractivity contribution < 1.29 is 9.47 Å². The molecule has 2 saturated heterocycles. The van der Waals surface area contributed by atoms with Gasteiger partial charge >= 0.3 is 0 Å². The number of rotatable bonds is 6. The molecule has 2 aliphatic rings. The van der Waals surface area contributed by atoms with Gasteiger partial charge in [-0.25, -0.2) is 15.0 Å². The molecule has 0 saturated carbocycles. The highest BCUT2D eigenvalue weighted by Crippen LogP contribution is 2.41. The number of aromatic nitrogens is 4. The van der Waals surface area contributed by atoms with Gasteiger partial charge in [-0.1, -0.05) is 12.1 Å². The normalized spacial score (nSPS) is 17.2. The number of hydrogen-bond donors (Lipinski definition) is 3. The Morgan fingerprint density at radius 3 is 2.51 bits per heavy atom. The second-order valence-corrected chi connectivity index (χ2v) is 10.0. The van der Waals surface area contributed by atoms with Gasteiger partial charge < -0.3 is 30.0 Å². The monoisotopic (exact) mass is 499 g/mol. The van der Waals surface area contributed by atoms with E-state index in [1.165, 1.54) is 25.7 Å². The van der Waals surface area contributed by atoms with Gasteiger partial charge in [0.1, 0.15) is 28.7 Å². The molecule has 1 aromatic carbocycles. The number of aryl methyl sites for hydroxylation is 1. The average Bonchev–Trinajstić information content (AvgIpc) is 3.31. The third kappa shape index (κ3) is 4.91. The van der Waals surface area contributed by atoms with Gasteiger partial charge in [-0.2, -0.15) is 0 Å². The van der Waals surface area contributed by atoms with Crippen LogP contribution in [0.5, 0.6) is 5.75 Å². The van der Waals surface area contributed by atoms with Crippen molar-refractivity contribution in [2.24, 2.45) is 5.41 Å². The molecule has 192 valence electrons. The lowest BCUT2D eigenvalue weighted by atomic mass is 9.72. The summed E-state index contributed by atoms with van der Waals surface area (Å²) in [5.41, 5.74) is 4.83. The van der Waals surface area contributed by atoms with E-state index in [-0.39, 0.29) is 0 Å². The molecule has 3 aromatic heterocycles. The molecule has 9 heteroatoms. The maximum absolute atomic E-state index is 5.59. The minimum absolute atomic E-state index is 0.480. The summed E-state index contributed by atoms with van der Waals surface area (Å²) in [5, 5.41) is 6.83. The summed E-state index contributed by atoms with van der Waals surface area (Å²) in [6, 6.07) is 13.9. The molecule has 0 unspecified atom stereocenters. The van der Waals surface area contributed by atoms with Crippen molar-refractivity contribution in [1.29, 1.82) is 0 Å². The van der Waals surface area contributed by atoms with Gasteiger partial charge in [0.05, 0.1) is 30.4 Å². The first-order chi connectivity index (χ1) is 18.1. The van der Waals surface area contributed by atoms with Crippen molar-refractivity contribution >= 4 is 39.9 Å². The zero-order chi connectivity index (χ0) is 25.2. The van der Waals surface area contributed by atoms with Gasteiger partial charge in [-0.3, -0.25) is 0 Å². The van der Waals surface area contributed by atoms with E-state index in [9.17, 15) is 0 Å². The number of piperidine rings is 1. The van der Waals surface area contributed by atoms with E-state index in [4.69, 9.17) is 19.4 Å². The molecule has 0 amide bonds. The molecule has 0 radical (unpaired) electrons. The van der Waals surface area contributed by atoms with E-state index in [0.717, 1.165) is 66.3 Å². The van der Waals surface area contributed by atoms with Crippen molar-refractivity contribution in [2.75, 3.05) is 48.9 Å². The number of aromatic amines is 1. The fourth-order valence-electron chi connectivity index (χ4n) is 5.48. The number of anilines is 5. The van der Waals surface area contributed by atoms with E-state index in [1.807, 2.05) is 49.5 Å². The Balaban J connectivity index is 1.19. The maximum Gasteiger partial charge on any atom is 0.181 e. The quantitative estimate of drug-likeness (QED) is 0.317. The highest BCUT2D eigenvalue weighted by atomic mass is 16.5. The molecule has 0 bridgehead atoms. The molecule has 1 spiro atoms. The number of H-pyrrole nitrogens is 1. The minimum Gasteiger partial charge on any atom is -0.495 e. The van der Waals surface area contributed by atoms with E-state index in [0.29, 0.717) is 16.9 Å². The van der Waals surface area contributed by atoms with Crippen molar-refractivity contribution in [2.45, 2.75) is 32.6 Å². The molecule has 0 atom stereocenters. The minimum atomic E-state index is 0.480. The largest absolute Gasteiger partial charge is 0.495 e. The topological polar surface area (TPSA) is 100 Å². The fraction of sp³-hybridized carbons (Fsp3) is 0.393. The van der Waals surface area contributed by atoms with E-state index in [2.05, 4.69) is 31.6 Å². The lowest BCUT2D eigenvalue weighted by molar-refractivity contribution is 0.00212. The predicted molar refractivity (Wildman–Crippen MR) is 146 cm³/mol. The number of para-hydroxylation sites is 2. The van der Waals surface area contributed by atoms with Gasteiger partial charge in [-0.15, -0.1) is 0 Å². The van der Waals surface area contributed by atoms with Crippen LogP contribution >= 0.6 is 0 Å². The molecule has 2 fully saturated rings. The number of methoxy groups -OCH3 is 1. The Morgan fingerprint density at radius 2 is 1.76 bits per heavy atom. The summed E-state index contributed by atoms with van der Waals surface area (Å²) in [4.78, 5) is 19.7. The number of pyridine rings is 2. The highest BCUT2D eigenvalue weighted by molar-refractivity contribution is 5.91. The van der Waals surface area contributed by atoms with E-state index < -0.39 is 0 Å². The number of benzene rings is 1. The molecular weight excluding hydrogens is 466 g/mol. The summed E-state index contributed by atoms with van der Waals surface area (Å²) in [6.45, 7) is 5.89. The van der Waals surface area contributed by atoms with Crippen LogP contribution in [0.2, 0.25) is 0 Å². The summed E-state index contributed by atoms with van der Waals surface area (Å²) in [5.74, 6) is 2.96. The smallest absolute Gasteiger partial charge is 0.181 e. The van der Waals surface area contributed by atoms with Crippen LogP contribution < -0.4 is 20.3 Å². The van der Waals surface area contributed by atoms with Crippen LogP contribution in [-0.4, -0.2) is 53.3 Å². The summed E-state index contributed by atoms with van der Waals surface area (Å²) in [7, 11) is 1.66. The SMILES string of the molecule is COc1ccccc1Nc1cc(Nc2ccc(N3CCC4(CCOCC4)CC3)cn2)nc2nc(C)[nH]c12. The third-order valence-electron chi connectivity index (χ3n) is 7.70. The van der Waals surface area contributed by atoms with Crippen molar-refractivity contribution in [3.63, 3.8) is 0 Å². The summed E-state index contributed by atoms with van der Waals surface area (Å²) in [6.07, 6.45) is 6.80. The zero-order valence-corrected chi connectivity index (χ0v) is 21.4. The molecule has 37 heavy (non-hydrogen) atoms. The third-order valence-corrected chi connectivity index (χ3v) is 7.70. The summed E-state index contributed by atoms with van der Waals surface area (Å²) < 4.78 is 11.1. The van der Waals surface area contributed by atoms with Crippen LogP contribution in [0.25, 0.3) is 11.2 Å². The van der Waals surface area contributed by atoms with Crippen LogP contribution in [0.4, 0.5) is 28.7 Å². The van der Waals surface area contributed by atoms with Gasteiger partial charge in [-0.05, 0) is 62.3 Å². The first-order valence-corrected chi connectivity index (χ1v) is 12.9. The fourth-order valence-corrected chi connectivity index (χ4v) is 5.48. The molecular formula is C28H33N7O2. The van der Waals surface area contributed by atoms with Crippen LogP contribution in [-0.2, 0) is 4.74 Å². The van der Waals surface area contributed by atoms with Gasteiger partial charge in [0.2, 0.25) is 0 Å². The molecule has 2 aliphatic heterocycles. The van der Waals surface area contributed by atoms with Gasteiger partial charge in [0.25, 0.3) is 0 Å². The second-order valence-electron chi connectivity index (χ2n) is 10.0. The highest BCUT2D eigenvalue weighted by Gasteiger charge is 2.36. The predicted octanol–water partition coefficient (Wildman–Crippen LogP) is 5.55. The number of fused-ring (bicyclic) bond motifs is 1. The second kappa shape index (κ2) is 9.89. The van der Waals surface area contributed by atoms with E-state index in [1.54, 1.807) is 7.11 Å². The van der Waals surface area contributed by atoms with Crippen LogP contribution in [0, 0.1) is 12.3 Å². The van der Waals surface area contributed by atoms with Crippen LogP contribution in [0.1, 0.15) is 31.5 Å². The summed E-state index contributed by atoms with van der Waals surface area (Å²) >= 11 is 0. The van der Waals surface area contributed by atoms with Crippen molar-refractivity contribution in [1.82, 2.24) is 19.9 Å². The first kappa shape index (κ1) is 23.5. The number of hydrogen-bond acceptors (Lipinski definition) is 8. The van der Waals surface area contributed by atoms with Gasteiger partial charge in [0, 0.05) is 32.4 Å². The Bertz CT molecular complexity index is 1370. The first-order valence-electron chi connectivity index (χ1n) is 12.9. The number of nitrogens with zero attached hydrogens (tertiary/aromatic N) is 4. The molecule has 9 nitrogen and oxygen atoms in total. The Morgan fingerprint density at radius 1 is 0.946 bits per heavy atom. The Labute approximate surface area is 216 Å². The lowest BCUT2D eigenvalue weighted by Gasteiger charge is -2.44. The number of ether oxygens (including phenoxy) is 2. The Hall–Kier alpha value is -3.85.